The molecular formula is C11H17NO. The van der Waals surface area contributed by atoms with Gasteiger partial charge in [0.05, 0.1) is 6.61 Å². The average Bonchev–Trinajstić information content (AvgIpc) is 2.15. The molecule has 0 fully saturated rings. The van der Waals surface area contributed by atoms with Crippen molar-refractivity contribution in [2.75, 3.05) is 6.61 Å². The number of aromatic nitrogens is 1. The summed E-state index contributed by atoms with van der Waals surface area (Å²) in [7, 11) is 0. The normalized spacial score (nSPS) is 10.0. The van der Waals surface area contributed by atoms with Crippen molar-refractivity contribution in [3.05, 3.63) is 23.9 Å². The highest BCUT2D eigenvalue weighted by molar-refractivity contribution is 5.16. The van der Waals surface area contributed by atoms with Gasteiger partial charge in [0, 0.05) is 12.3 Å². The van der Waals surface area contributed by atoms with Crippen molar-refractivity contribution in [3.63, 3.8) is 0 Å². The summed E-state index contributed by atoms with van der Waals surface area (Å²) in [4.78, 5) is 4.15. The van der Waals surface area contributed by atoms with Gasteiger partial charge in [0.15, 0.2) is 0 Å². The second-order valence-electron chi connectivity index (χ2n) is 3.23. The monoisotopic (exact) mass is 179 g/mol. The largest absolute Gasteiger partial charge is 0.478 e. The average molecular weight is 179 g/mol. The molecule has 0 aliphatic rings. The van der Waals surface area contributed by atoms with E-state index in [4.69, 9.17) is 4.74 Å². The van der Waals surface area contributed by atoms with Gasteiger partial charge in [-0.05, 0) is 18.9 Å². The van der Waals surface area contributed by atoms with Crippen LogP contribution in [-0.2, 0) is 0 Å². The second kappa shape index (κ2) is 5.57. The van der Waals surface area contributed by atoms with E-state index in [0.717, 1.165) is 18.9 Å². The molecule has 1 aromatic heterocycles. The Labute approximate surface area is 80.0 Å². The molecule has 0 saturated heterocycles. The summed E-state index contributed by atoms with van der Waals surface area (Å²) < 4.78 is 5.45. The molecule has 72 valence electrons. The predicted molar refractivity (Wildman–Crippen MR) is 54.0 cm³/mol. The SMILES string of the molecule is CCCCCOc1ccc(C)cn1. The predicted octanol–water partition coefficient (Wildman–Crippen LogP) is 2.96. The molecule has 0 radical (unpaired) electrons. The Morgan fingerprint density at radius 1 is 1.31 bits per heavy atom. The molecule has 2 nitrogen and oxygen atoms in total. The fourth-order valence-electron chi connectivity index (χ4n) is 1.07. The van der Waals surface area contributed by atoms with Crippen molar-refractivity contribution in [1.82, 2.24) is 4.98 Å². The van der Waals surface area contributed by atoms with Gasteiger partial charge in [-0.3, -0.25) is 0 Å². The van der Waals surface area contributed by atoms with Gasteiger partial charge >= 0.3 is 0 Å². The van der Waals surface area contributed by atoms with Crippen LogP contribution in [0.5, 0.6) is 5.88 Å². The van der Waals surface area contributed by atoms with Crippen LogP contribution in [0.4, 0.5) is 0 Å². The lowest BCUT2D eigenvalue weighted by Gasteiger charge is -2.03. The fourth-order valence-corrected chi connectivity index (χ4v) is 1.07. The topological polar surface area (TPSA) is 22.1 Å². The van der Waals surface area contributed by atoms with E-state index in [1.54, 1.807) is 0 Å². The summed E-state index contributed by atoms with van der Waals surface area (Å²) in [6.07, 6.45) is 5.40. The van der Waals surface area contributed by atoms with Crippen LogP contribution in [0, 0.1) is 6.92 Å². The Bertz CT molecular complexity index is 230. The Balaban J connectivity index is 2.25. The van der Waals surface area contributed by atoms with Gasteiger partial charge in [0.25, 0.3) is 0 Å². The first kappa shape index (κ1) is 10.0. The molecule has 1 heterocycles. The van der Waals surface area contributed by atoms with E-state index >= 15 is 0 Å². The highest BCUT2D eigenvalue weighted by Gasteiger charge is 1.93. The molecule has 0 aromatic carbocycles. The van der Waals surface area contributed by atoms with Crippen LogP contribution in [-0.4, -0.2) is 11.6 Å². The van der Waals surface area contributed by atoms with E-state index < -0.39 is 0 Å². The van der Waals surface area contributed by atoms with E-state index in [0.29, 0.717) is 0 Å². The molecule has 13 heavy (non-hydrogen) atoms. The van der Waals surface area contributed by atoms with Crippen LogP contribution in [0.25, 0.3) is 0 Å². The van der Waals surface area contributed by atoms with Gasteiger partial charge in [0.1, 0.15) is 0 Å². The van der Waals surface area contributed by atoms with E-state index in [1.165, 1.54) is 18.4 Å². The van der Waals surface area contributed by atoms with Crippen molar-refractivity contribution >= 4 is 0 Å². The van der Waals surface area contributed by atoms with Gasteiger partial charge in [0.2, 0.25) is 5.88 Å². The van der Waals surface area contributed by atoms with Crippen LogP contribution in [0.15, 0.2) is 18.3 Å². The van der Waals surface area contributed by atoms with Crippen molar-refractivity contribution < 1.29 is 4.74 Å². The molecule has 0 amide bonds. The third-order valence-electron chi connectivity index (χ3n) is 1.88. The Kier molecular flexibility index (Phi) is 4.30. The fraction of sp³-hybridized carbons (Fsp3) is 0.545. The molecule has 0 atom stereocenters. The van der Waals surface area contributed by atoms with Crippen LogP contribution in [0.2, 0.25) is 0 Å². The van der Waals surface area contributed by atoms with E-state index in [9.17, 15) is 0 Å². The molecular weight excluding hydrogens is 162 g/mol. The number of nitrogens with zero attached hydrogens (tertiary/aromatic N) is 1. The molecule has 0 bridgehead atoms. The molecule has 0 N–H and O–H groups in total. The lowest BCUT2D eigenvalue weighted by Crippen LogP contribution is -1.98. The highest BCUT2D eigenvalue weighted by Crippen LogP contribution is 2.07. The summed E-state index contributed by atoms with van der Waals surface area (Å²) in [5.74, 6) is 0.738. The molecule has 0 aliphatic heterocycles. The second-order valence-corrected chi connectivity index (χ2v) is 3.23. The molecule has 0 unspecified atom stereocenters. The maximum Gasteiger partial charge on any atom is 0.213 e. The van der Waals surface area contributed by atoms with E-state index in [2.05, 4.69) is 11.9 Å². The summed E-state index contributed by atoms with van der Waals surface area (Å²) >= 11 is 0. The Hall–Kier alpha value is -1.05. The summed E-state index contributed by atoms with van der Waals surface area (Å²) in [6.45, 7) is 4.99. The molecule has 0 saturated carbocycles. The molecule has 0 aliphatic carbocycles. The highest BCUT2D eigenvalue weighted by atomic mass is 16.5. The number of rotatable bonds is 5. The van der Waals surface area contributed by atoms with E-state index in [1.807, 2.05) is 25.3 Å². The molecule has 2 heteroatoms. The van der Waals surface area contributed by atoms with Crippen molar-refractivity contribution in [2.24, 2.45) is 0 Å². The minimum Gasteiger partial charge on any atom is -0.478 e. The standard InChI is InChI=1S/C11H17NO/c1-3-4-5-8-13-11-7-6-10(2)9-12-11/h6-7,9H,3-5,8H2,1-2H3. The van der Waals surface area contributed by atoms with Gasteiger partial charge in [-0.1, -0.05) is 25.8 Å². The third-order valence-corrected chi connectivity index (χ3v) is 1.88. The first-order chi connectivity index (χ1) is 6.33. The summed E-state index contributed by atoms with van der Waals surface area (Å²) in [6, 6.07) is 3.93. The minimum atomic E-state index is 0.738. The smallest absolute Gasteiger partial charge is 0.213 e. The number of aryl methyl sites for hydroxylation is 1. The maximum atomic E-state index is 5.45. The van der Waals surface area contributed by atoms with Crippen LogP contribution in [0.3, 0.4) is 0 Å². The number of pyridine rings is 1. The van der Waals surface area contributed by atoms with E-state index in [-0.39, 0.29) is 0 Å². The van der Waals surface area contributed by atoms with Crippen molar-refractivity contribution in [1.29, 1.82) is 0 Å². The molecule has 1 rings (SSSR count). The van der Waals surface area contributed by atoms with Crippen LogP contribution >= 0.6 is 0 Å². The van der Waals surface area contributed by atoms with Crippen LogP contribution < -0.4 is 4.74 Å². The Morgan fingerprint density at radius 3 is 2.77 bits per heavy atom. The lowest BCUT2D eigenvalue weighted by atomic mass is 10.3. The molecule has 0 spiro atoms. The number of hydrogen-bond acceptors (Lipinski definition) is 2. The minimum absolute atomic E-state index is 0.738. The first-order valence-electron chi connectivity index (χ1n) is 4.88. The quantitative estimate of drug-likeness (QED) is 0.648. The zero-order chi connectivity index (χ0) is 9.52. The summed E-state index contributed by atoms with van der Waals surface area (Å²) in [5, 5.41) is 0. The zero-order valence-corrected chi connectivity index (χ0v) is 8.42. The number of ether oxygens (including phenoxy) is 1. The van der Waals surface area contributed by atoms with Crippen molar-refractivity contribution in [3.8, 4) is 5.88 Å². The maximum absolute atomic E-state index is 5.45. The third kappa shape index (κ3) is 3.92. The zero-order valence-electron chi connectivity index (χ0n) is 8.42. The summed E-state index contributed by atoms with van der Waals surface area (Å²) in [5.41, 5.74) is 1.17. The number of hydrogen-bond donors (Lipinski definition) is 0. The van der Waals surface area contributed by atoms with Crippen LogP contribution in [0.1, 0.15) is 31.7 Å². The lowest BCUT2D eigenvalue weighted by molar-refractivity contribution is 0.295. The van der Waals surface area contributed by atoms with Gasteiger partial charge in [-0.2, -0.15) is 0 Å². The number of unbranched alkanes of at least 4 members (excludes halogenated alkanes) is 2. The van der Waals surface area contributed by atoms with Gasteiger partial charge < -0.3 is 4.74 Å². The molecule has 1 aromatic rings. The van der Waals surface area contributed by atoms with Gasteiger partial charge in [-0.25, -0.2) is 4.98 Å². The Morgan fingerprint density at radius 2 is 2.15 bits per heavy atom. The first-order valence-corrected chi connectivity index (χ1v) is 4.88. The van der Waals surface area contributed by atoms with Crippen molar-refractivity contribution in [2.45, 2.75) is 33.1 Å². The van der Waals surface area contributed by atoms with Gasteiger partial charge in [-0.15, -0.1) is 0 Å².